The Balaban J connectivity index is 1.49. The number of carbonyl (C=O) groups excluding carboxylic acids is 1. The molecule has 4 heterocycles. The number of fused-ring (bicyclic) bond motifs is 2. The van der Waals surface area contributed by atoms with Crippen LogP contribution in [0.5, 0.6) is 0 Å². The Hall–Kier alpha value is -3.80. The number of rotatable bonds is 3. The van der Waals surface area contributed by atoms with Crippen molar-refractivity contribution < 1.29 is 4.79 Å². The fraction of sp³-hybridized carbons (Fsp3) is 0.259. The molecule has 6 nitrogen and oxygen atoms in total. The zero-order chi connectivity index (χ0) is 22.4. The van der Waals surface area contributed by atoms with Crippen LogP contribution in [0.15, 0.2) is 66.5 Å². The fourth-order valence-corrected chi connectivity index (χ4v) is 5.13. The van der Waals surface area contributed by atoms with E-state index in [2.05, 4.69) is 33.9 Å². The molecule has 33 heavy (non-hydrogen) atoms. The van der Waals surface area contributed by atoms with Crippen LogP contribution >= 0.6 is 0 Å². The Labute approximate surface area is 192 Å². The van der Waals surface area contributed by atoms with Crippen LogP contribution in [0.1, 0.15) is 42.2 Å². The number of anilines is 1. The molecule has 0 unspecified atom stereocenters. The van der Waals surface area contributed by atoms with Crippen LogP contribution < -0.4 is 4.90 Å². The predicted octanol–water partition coefficient (Wildman–Crippen LogP) is 5.15. The maximum absolute atomic E-state index is 13.8. The highest BCUT2D eigenvalue weighted by atomic mass is 16.2. The molecule has 1 fully saturated rings. The highest BCUT2D eigenvalue weighted by Crippen LogP contribution is 2.40. The van der Waals surface area contributed by atoms with Gasteiger partial charge in [-0.15, -0.1) is 0 Å². The van der Waals surface area contributed by atoms with Crippen LogP contribution in [0.2, 0.25) is 0 Å². The van der Waals surface area contributed by atoms with Gasteiger partial charge in [-0.2, -0.15) is 9.78 Å². The van der Waals surface area contributed by atoms with Crippen LogP contribution in [0.4, 0.5) is 5.69 Å². The van der Waals surface area contributed by atoms with Crippen molar-refractivity contribution >= 4 is 28.2 Å². The maximum atomic E-state index is 13.8. The first-order valence-electron chi connectivity index (χ1n) is 11.6. The molecule has 2 aliphatic rings. The fourth-order valence-electron chi connectivity index (χ4n) is 5.13. The van der Waals surface area contributed by atoms with Gasteiger partial charge in [0.15, 0.2) is 0 Å². The van der Waals surface area contributed by atoms with E-state index >= 15 is 0 Å². The zero-order valence-electron chi connectivity index (χ0n) is 18.7. The third kappa shape index (κ3) is 3.33. The topological polar surface area (TPSA) is 63.9 Å². The molecule has 0 aliphatic carbocycles. The van der Waals surface area contributed by atoms with Crippen molar-refractivity contribution in [1.29, 1.82) is 0 Å². The van der Waals surface area contributed by atoms with Gasteiger partial charge in [-0.3, -0.25) is 14.8 Å². The summed E-state index contributed by atoms with van der Waals surface area (Å²) in [7, 11) is 0. The number of carbonyl (C=O) groups is 1. The van der Waals surface area contributed by atoms with Crippen molar-refractivity contribution in [1.82, 2.24) is 19.7 Å². The van der Waals surface area contributed by atoms with Gasteiger partial charge in [-0.25, -0.2) is 0 Å². The molecule has 0 atom stereocenters. The van der Waals surface area contributed by atoms with Crippen LogP contribution in [-0.4, -0.2) is 38.7 Å². The number of hydrogen-bond donors (Lipinski definition) is 0. The molecular formula is C27H25N5O. The summed E-state index contributed by atoms with van der Waals surface area (Å²) in [6, 6.07) is 16.1. The summed E-state index contributed by atoms with van der Waals surface area (Å²) in [5.74, 6) is -0.0718. The van der Waals surface area contributed by atoms with Crippen molar-refractivity contribution in [3.05, 3.63) is 77.8 Å². The molecule has 0 N–H and O–H groups in total. The first-order chi connectivity index (χ1) is 16.2. The predicted molar refractivity (Wildman–Crippen MR) is 130 cm³/mol. The van der Waals surface area contributed by atoms with Gasteiger partial charge in [0.2, 0.25) is 0 Å². The van der Waals surface area contributed by atoms with E-state index in [0.29, 0.717) is 12.0 Å². The smallest absolute Gasteiger partial charge is 0.279 e. The Morgan fingerprint density at radius 3 is 2.39 bits per heavy atom. The number of nitrogens with zero attached hydrogens (tertiary/aromatic N) is 5. The highest BCUT2D eigenvalue weighted by molar-refractivity contribution is 6.23. The Bertz CT molecular complexity index is 1400. The number of allylic oxidation sites excluding steroid dienone is 2. The first kappa shape index (κ1) is 19.9. The molecule has 6 rings (SSSR count). The van der Waals surface area contributed by atoms with Crippen molar-refractivity contribution in [2.24, 2.45) is 0 Å². The van der Waals surface area contributed by atoms with Crippen LogP contribution in [0.3, 0.4) is 0 Å². The molecule has 2 aromatic carbocycles. The van der Waals surface area contributed by atoms with E-state index < -0.39 is 0 Å². The molecule has 1 saturated heterocycles. The summed E-state index contributed by atoms with van der Waals surface area (Å²) in [6.07, 6.45) is 7.66. The third-order valence-corrected chi connectivity index (χ3v) is 6.70. The Morgan fingerprint density at radius 1 is 0.848 bits per heavy atom. The summed E-state index contributed by atoms with van der Waals surface area (Å²) in [4.78, 5) is 25.0. The largest absolute Gasteiger partial charge is 0.368 e. The molecule has 0 saturated carbocycles. The number of aromatic nitrogens is 4. The average molecular weight is 436 g/mol. The monoisotopic (exact) mass is 435 g/mol. The summed E-state index contributed by atoms with van der Waals surface area (Å²) in [5.41, 5.74) is 8.32. The van der Waals surface area contributed by atoms with Crippen molar-refractivity contribution in [3.8, 4) is 11.3 Å². The molecule has 0 bridgehead atoms. The third-order valence-electron chi connectivity index (χ3n) is 6.70. The molecule has 0 radical (unpaired) electrons. The molecular weight excluding hydrogens is 410 g/mol. The molecule has 0 amide bonds. The number of piperidine rings is 1. The summed E-state index contributed by atoms with van der Waals surface area (Å²) in [5, 5.41) is 4.91. The first-order valence-corrected chi connectivity index (χ1v) is 11.6. The number of benzene rings is 2. The Kier molecular flexibility index (Phi) is 4.79. The molecule has 164 valence electrons. The van der Waals surface area contributed by atoms with Crippen molar-refractivity contribution in [3.63, 3.8) is 0 Å². The molecule has 2 aliphatic heterocycles. The van der Waals surface area contributed by atoms with Crippen LogP contribution in [-0.2, 0) is 6.42 Å². The second-order valence-electron chi connectivity index (χ2n) is 8.87. The van der Waals surface area contributed by atoms with Crippen molar-refractivity contribution in [2.45, 2.75) is 32.6 Å². The van der Waals surface area contributed by atoms with Gasteiger partial charge in [-0.1, -0.05) is 42.0 Å². The lowest BCUT2D eigenvalue weighted by molar-refractivity contribution is 0.0958. The van der Waals surface area contributed by atoms with Crippen molar-refractivity contribution in [2.75, 3.05) is 18.0 Å². The van der Waals surface area contributed by atoms with E-state index in [0.717, 1.165) is 57.9 Å². The van der Waals surface area contributed by atoms with E-state index in [1.165, 1.54) is 19.3 Å². The quantitative estimate of drug-likeness (QED) is 0.445. The van der Waals surface area contributed by atoms with E-state index in [9.17, 15) is 4.79 Å². The zero-order valence-corrected chi connectivity index (χ0v) is 18.7. The molecule has 6 heteroatoms. The summed E-state index contributed by atoms with van der Waals surface area (Å²) >= 11 is 0. The second-order valence-corrected chi connectivity index (χ2v) is 8.87. The maximum Gasteiger partial charge on any atom is 0.279 e. The van der Waals surface area contributed by atoms with E-state index in [1.54, 1.807) is 17.1 Å². The van der Waals surface area contributed by atoms with Gasteiger partial charge in [0.05, 0.1) is 22.4 Å². The lowest BCUT2D eigenvalue weighted by Crippen LogP contribution is -2.31. The lowest BCUT2D eigenvalue weighted by Gasteiger charge is -2.30. The van der Waals surface area contributed by atoms with Gasteiger partial charge in [-0.05, 0) is 43.9 Å². The Morgan fingerprint density at radius 2 is 1.61 bits per heavy atom. The summed E-state index contributed by atoms with van der Waals surface area (Å²) in [6.45, 7) is 4.07. The number of hydrogen-bond acceptors (Lipinski definition) is 5. The van der Waals surface area contributed by atoms with Gasteiger partial charge >= 0.3 is 0 Å². The molecule has 4 aromatic rings. The second kappa shape index (κ2) is 7.96. The van der Waals surface area contributed by atoms with Crippen LogP contribution in [0, 0.1) is 0 Å². The van der Waals surface area contributed by atoms with Gasteiger partial charge in [0.25, 0.3) is 5.91 Å². The average Bonchev–Trinajstić information content (AvgIpc) is 3.24. The minimum atomic E-state index is -0.0718. The SMILES string of the molecule is CC1=C(c2ccc3nccnc3c2)C(=O)n2nc(-c3ccccc3)c(N3CCCCC3)c2C1. The van der Waals surface area contributed by atoms with Gasteiger partial charge < -0.3 is 4.90 Å². The molecule has 0 spiro atoms. The summed E-state index contributed by atoms with van der Waals surface area (Å²) < 4.78 is 1.65. The normalized spacial score (nSPS) is 16.4. The minimum Gasteiger partial charge on any atom is -0.368 e. The van der Waals surface area contributed by atoms with Crippen LogP contribution in [0.25, 0.3) is 27.9 Å². The van der Waals surface area contributed by atoms with E-state index in [-0.39, 0.29) is 5.91 Å². The molecule has 2 aromatic heterocycles. The van der Waals surface area contributed by atoms with Gasteiger partial charge in [0.1, 0.15) is 5.69 Å². The van der Waals surface area contributed by atoms with E-state index in [4.69, 9.17) is 5.10 Å². The highest BCUT2D eigenvalue weighted by Gasteiger charge is 2.33. The van der Waals surface area contributed by atoms with Gasteiger partial charge in [0, 0.05) is 43.0 Å². The lowest BCUT2D eigenvalue weighted by atomic mass is 9.93. The van der Waals surface area contributed by atoms with E-state index in [1.807, 2.05) is 36.4 Å². The minimum absolute atomic E-state index is 0.0718. The standard InChI is InChI=1S/C27H25N5O/c1-18-16-23-26(31-14-6-3-7-15-31)25(19-8-4-2-5-9-19)30-32(23)27(33)24(18)20-10-11-21-22(17-20)29-13-12-28-21/h2,4-5,8-13,17H,3,6-7,14-16H2,1H3.